The second kappa shape index (κ2) is 13.7. The summed E-state index contributed by atoms with van der Waals surface area (Å²) in [5, 5.41) is 4.28. The topological polar surface area (TPSA) is 17.8 Å². The van der Waals surface area contributed by atoms with Crippen LogP contribution in [0.3, 0.4) is 0 Å². The number of rotatable bonds is 11. The maximum Gasteiger partial charge on any atom is 0.215 e. The van der Waals surface area contributed by atoms with Gasteiger partial charge in [-0.1, -0.05) is 167 Å². The van der Waals surface area contributed by atoms with E-state index >= 15 is 0 Å². The summed E-state index contributed by atoms with van der Waals surface area (Å²) in [6, 6.07) is 51.7. The van der Waals surface area contributed by atoms with Crippen molar-refractivity contribution >= 4 is 36.6 Å². The monoisotopic (exact) mass is 601 g/mol. The summed E-state index contributed by atoms with van der Waals surface area (Å²) >= 11 is 0. The van der Waals surface area contributed by atoms with E-state index in [1.807, 2.05) is 6.20 Å². The molecule has 1 heterocycles. The van der Waals surface area contributed by atoms with Crippen LogP contribution in [0.25, 0.3) is 0 Å². The zero-order valence-electron chi connectivity index (χ0n) is 26.8. The van der Waals surface area contributed by atoms with Crippen LogP contribution in [-0.4, -0.2) is 24.9 Å². The third-order valence-electron chi connectivity index (χ3n) is 9.15. The van der Waals surface area contributed by atoms with Gasteiger partial charge in [-0.25, -0.2) is 0 Å². The molecule has 2 nitrogen and oxygen atoms in total. The first kappa shape index (κ1) is 30.6. The average Bonchev–Trinajstić information content (AvgIpc) is 3.53. The van der Waals surface area contributed by atoms with Crippen LogP contribution in [0.2, 0.25) is 0 Å². The lowest BCUT2D eigenvalue weighted by molar-refractivity contribution is 0.865. The first-order valence-corrected chi connectivity index (χ1v) is 18.4. The minimum absolute atomic E-state index is 0.0925. The molecule has 0 fully saturated rings. The fraction of sp³-hybridized carbons (Fsp3) is 0.195. The van der Waals surface area contributed by atoms with Gasteiger partial charge in [-0.15, -0.1) is 0 Å². The molecule has 0 saturated heterocycles. The van der Waals surface area contributed by atoms with E-state index in [1.54, 1.807) is 0 Å². The lowest BCUT2D eigenvalue weighted by Gasteiger charge is -2.35. The molecule has 0 spiro atoms. The van der Waals surface area contributed by atoms with Crippen molar-refractivity contribution in [1.82, 2.24) is 9.55 Å². The highest BCUT2D eigenvalue weighted by atomic mass is 28.3. The Bertz CT molecular complexity index is 1720. The first-order valence-electron chi connectivity index (χ1n) is 16.2. The van der Waals surface area contributed by atoms with Gasteiger partial charge in [0.15, 0.2) is 8.07 Å². The van der Waals surface area contributed by atoms with Gasteiger partial charge >= 0.3 is 0 Å². The van der Waals surface area contributed by atoms with Gasteiger partial charge in [0.05, 0.1) is 5.72 Å². The summed E-state index contributed by atoms with van der Waals surface area (Å²) in [7, 11) is -0.270. The molecule has 0 atom stereocenters. The fourth-order valence-corrected chi connectivity index (χ4v) is 11.2. The highest BCUT2D eigenvalue weighted by molar-refractivity contribution is 7.10. The molecule has 45 heavy (non-hydrogen) atoms. The van der Waals surface area contributed by atoms with Crippen LogP contribution in [0.1, 0.15) is 67.6 Å². The van der Waals surface area contributed by atoms with Crippen LogP contribution < -0.4 is 21.3 Å². The standard InChI is InChI=1S/C41H42BN2Si/c1-31(2)35-20-14-24-38(28-35)45(37-22-12-7-13-23-37,39-25-15-21-36(29-39)32(3)4)30-44-27-26-43-41(44)42-40(33-16-8-5-9-17-33)34-18-10-6-11-19-34/h5-29,31-32,40H,30H2,1-4H3. The summed E-state index contributed by atoms with van der Waals surface area (Å²) in [4.78, 5) is 4.99. The molecule has 4 heteroatoms. The lowest BCUT2D eigenvalue weighted by atomic mass is 9.58. The van der Waals surface area contributed by atoms with Gasteiger partial charge in [0.1, 0.15) is 0 Å². The number of hydrogen-bond donors (Lipinski definition) is 0. The summed E-state index contributed by atoms with van der Waals surface area (Å²) in [6.45, 7) is 9.17. The Hall–Kier alpha value is -4.41. The van der Waals surface area contributed by atoms with Gasteiger partial charge in [0.2, 0.25) is 7.28 Å². The van der Waals surface area contributed by atoms with Crippen molar-refractivity contribution in [2.24, 2.45) is 0 Å². The molecule has 0 N–H and O–H groups in total. The van der Waals surface area contributed by atoms with Gasteiger partial charge in [-0.05, 0) is 55.5 Å². The van der Waals surface area contributed by atoms with E-state index in [2.05, 4.69) is 185 Å². The maximum absolute atomic E-state index is 4.99. The van der Waals surface area contributed by atoms with Crippen molar-refractivity contribution in [2.75, 3.05) is 0 Å². The Labute approximate surface area is 271 Å². The highest BCUT2D eigenvalue weighted by Crippen LogP contribution is 2.24. The largest absolute Gasteiger partial charge is 0.345 e. The third kappa shape index (κ3) is 6.53. The quantitative estimate of drug-likeness (QED) is 0.116. The van der Waals surface area contributed by atoms with Gasteiger partial charge in [0.25, 0.3) is 0 Å². The molecule has 0 unspecified atom stereocenters. The molecule has 0 aliphatic rings. The van der Waals surface area contributed by atoms with Crippen LogP contribution in [0.15, 0.2) is 152 Å². The molecule has 0 saturated carbocycles. The molecule has 0 bridgehead atoms. The van der Waals surface area contributed by atoms with Crippen molar-refractivity contribution in [3.8, 4) is 0 Å². The second-order valence-corrected chi connectivity index (χ2v) is 16.6. The van der Waals surface area contributed by atoms with Gasteiger partial charge in [-0.2, -0.15) is 0 Å². The third-order valence-corrected chi connectivity index (χ3v) is 13.9. The summed E-state index contributed by atoms with van der Waals surface area (Å²) in [5.74, 6) is 0.989. The molecule has 1 aromatic heterocycles. The van der Waals surface area contributed by atoms with Gasteiger partial charge in [0, 0.05) is 18.6 Å². The lowest BCUT2D eigenvalue weighted by Crippen LogP contribution is -2.70. The summed E-state index contributed by atoms with van der Waals surface area (Å²) in [5.41, 5.74) is 6.29. The van der Waals surface area contributed by atoms with Crippen molar-refractivity contribution in [2.45, 2.75) is 51.5 Å². The maximum atomic E-state index is 4.99. The normalized spacial score (nSPS) is 11.8. The highest BCUT2D eigenvalue weighted by Gasteiger charge is 2.41. The Morgan fingerprint density at radius 1 is 0.556 bits per heavy atom. The van der Waals surface area contributed by atoms with E-state index in [4.69, 9.17) is 4.98 Å². The van der Waals surface area contributed by atoms with Crippen molar-refractivity contribution in [3.05, 3.63) is 174 Å². The zero-order chi connectivity index (χ0) is 31.2. The van der Waals surface area contributed by atoms with E-state index in [1.165, 1.54) is 37.8 Å². The van der Waals surface area contributed by atoms with Crippen LogP contribution >= 0.6 is 0 Å². The number of benzene rings is 5. The fourth-order valence-electron chi connectivity index (χ4n) is 6.55. The molecule has 5 aromatic carbocycles. The summed E-state index contributed by atoms with van der Waals surface area (Å²) < 4.78 is 2.42. The zero-order valence-corrected chi connectivity index (χ0v) is 27.8. The number of hydrogen-bond acceptors (Lipinski definition) is 1. The molecule has 6 aromatic rings. The van der Waals surface area contributed by atoms with Gasteiger partial charge < -0.3 is 4.57 Å². The van der Waals surface area contributed by atoms with Crippen LogP contribution in [0.4, 0.5) is 0 Å². The van der Waals surface area contributed by atoms with Crippen molar-refractivity contribution in [3.63, 3.8) is 0 Å². The Morgan fingerprint density at radius 2 is 1.00 bits per heavy atom. The number of imidazole rings is 1. The van der Waals surface area contributed by atoms with E-state index in [0.29, 0.717) is 11.8 Å². The predicted octanol–water partition coefficient (Wildman–Crippen LogP) is 6.96. The van der Waals surface area contributed by atoms with Crippen molar-refractivity contribution in [1.29, 1.82) is 0 Å². The van der Waals surface area contributed by atoms with Crippen LogP contribution in [-0.2, 0) is 6.17 Å². The number of aromatic nitrogens is 2. The molecular weight excluding hydrogens is 559 g/mol. The second-order valence-electron chi connectivity index (χ2n) is 12.7. The SMILES string of the molecule is CC(C)c1cccc([Si](Cn2ccnc2[B]C(c2ccccc2)c2ccccc2)(c2ccccc2)c2cccc(C(C)C)c2)c1. The smallest absolute Gasteiger partial charge is 0.215 e. The Balaban J connectivity index is 1.54. The molecule has 6 rings (SSSR count). The van der Waals surface area contributed by atoms with E-state index in [9.17, 15) is 0 Å². The Kier molecular flexibility index (Phi) is 9.32. The van der Waals surface area contributed by atoms with E-state index in [0.717, 1.165) is 11.9 Å². The molecule has 0 aliphatic heterocycles. The Morgan fingerprint density at radius 3 is 1.49 bits per heavy atom. The van der Waals surface area contributed by atoms with Gasteiger partial charge in [-0.3, -0.25) is 4.98 Å². The minimum atomic E-state index is -2.62. The van der Waals surface area contributed by atoms with Crippen molar-refractivity contribution < 1.29 is 0 Å². The number of nitrogens with zero attached hydrogens (tertiary/aromatic N) is 2. The minimum Gasteiger partial charge on any atom is -0.345 e. The average molecular weight is 602 g/mol. The molecule has 0 amide bonds. The summed E-state index contributed by atoms with van der Waals surface area (Å²) in [6.07, 6.45) is 5.00. The first-order chi connectivity index (χ1) is 22.0. The molecular formula is C41H42BN2Si. The predicted molar refractivity (Wildman–Crippen MR) is 195 cm³/mol. The van der Waals surface area contributed by atoms with E-state index in [-0.39, 0.29) is 5.82 Å². The molecule has 0 aliphatic carbocycles. The molecule has 1 radical (unpaired) electrons. The van der Waals surface area contributed by atoms with E-state index < -0.39 is 8.07 Å². The molecule has 223 valence electrons. The van der Waals surface area contributed by atoms with Crippen LogP contribution in [0.5, 0.6) is 0 Å². The van der Waals surface area contributed by atoms with Crippen LogP contribution in [0, 0.1) is 0 Å².